The van der Waals surface area contributed by atoms with Gasteiger partial charge in [-0.2, -0.15) is 5.26 Å². The van der Waals surface area contributed by atoms with Crippen molar-refractivity contribution in [1.29, 1.82) is 5.26 Å². The van der Waals surface area contributed by atoms with Crippen molar-refractivity contribution in [2.75, 3.05) is 0 Å². The Bertz CT molecular complexity index is 872. The molecule has 0 fully saturated rings. The van der Waals surface area contributed by atoms with E-state index in [9.17, 15) is 9.59 Å². The summed E-state index contributed by atoms with van der Waals surface area (Å²) in [5, 5.41) is 8.72. The maximum Gasteiger partial charge on any atom is 0.194 e. The number of ketones is 2. The van der Waals surface area contributed by atoms with Crippen molar-refractivity contribution in [2.45, 2.75) is 38.5 Å². The van der Waals surface area contributed by atoms with Crippen molar-refractivity contribution in [1.82, 2.24) is 0 Å². The van der Waals surface area contributed by atoms with Crippen LogP contribution in [-0.4, -0.2) is 11.6 Å². The van der Waals surface area contributed by atoms with Crippen LogP contribution in [0.1, 0.15) is 70.5 Å². The molecule has 0 aromatic heterocycles. The summed E-state index contributed by atoms with van der Waals surface area (Å²) in [6, 6.07) is 14.7. The van der Waals surface area contributed by atoms with Crippen molar-refractivity contribution in [3.05, 3.63) is 70.3 Å². The van der Waals surface area contributed by atoms with Crippen LogP contribution in [0.15, 0.2) is 42.5 Å². The van der Waals surface area contributed by atoms with Gasteiger partial charge in [-0.1, -0.05) is 44.2 Å². The van der Waals surface area contributed by atoms with Gasteiger partial charge in [0, 0.05) is 28.7 Å². The van der Waals surface area contributed by atoms with Crippen LogP contribution < -0.4 is 0 Å². The lowest BCUT2D eigenvalue weighted by atomic mass is 9.76. The van der Waals surface area contributed by atoms with E-state index in [0.29, 0.717) is 28.7 Å². The molecule has 3 heteroatoms. The van der Waals surface area contributed by atoms with Gasteiger partial charge in [-0.25, -0.2) is 0 Å². The number of nitriles is 1. The lowest BCUT2D eigenvalue weighted by molar-refractivity contribution is 0.0979. The molecule has 2 aromatic rings. The summed E-state index contributed by atoms with van der Waals surface area (Å²) in [5.74, 6) is -0.177. The lowest BCUT2D eigenvalue weighted by Gasteiger charge is -2.27. The van der Waals surface area contributed by atoms with E-state index < -0.39 is 0 Å². The van der Waals surface area contributed by atoms with Crippen molar-refractivity contribution < 1.29 is 9.59 Å². The predicted octanol–water partition coefficient (Wildman–Crippen LogP) is 4.43. The molecule has 0 spiro atoms. The first-order chi connectivity index (χ1) is 11.5. The monoisotopic (exact) mass is 317 g/mol. The number of carbonyl (C=O) groups excluding carboxylic acids is 2. The van der Waals surface area contributed by atoms with E-state index in [1.165, 1.54) is 0 Å². The highest BCUT2D eigenvalue weighted by Gasteiger charge is 2.31. The number of nitrogens with zero attached hydrogens (tertiary/aromatic N) is 1. The zero-order valence-corrected chi connectivity index (χ0v) is 13.9. The molecular weight excluding hydrogens is 298 g/mol. The Balaban J connectivity index is 2.01. The van der Waals surface area contributed by atoms with Crippen LogP contribution in [0.2, 0.25) is 0 Å². The zero-order chi connectivity index (χ0) is 17.3. The molecule has 2 aromatic carbocycles. The summed E-state index contributed by atoms with van der Waals surface area (Å²) in [4.78, 5) is 25.4. The van der Waals surface area contributed by atoms with Crippen molar-refractivity contribution in [3.8, 4) is 6.07 Å². The Morgan fingerprint density at radius 3 is 2.12 bits per heavy atom. The molecule has 120 valence electrons. The van der Waals surface area contributed by atoms with Crippen LogP contribution in [0.25, 0.3) is 0 Å². The van der Waals surface area contributed by atoms with Crippen molar-refractivity contribution in [2.24, 2.45) is 0 Å². The number of rotatable bonds is 4. The molecule has 0 aliphatic heterocycles. The Hall–Kier alpha value is -2.73. The maximum absolute atomic E-state index is 12.8. The molecule has 0 atom stereocenters. The van der Waals surface area contributed by atoms with E-state index in [2.05, 4.69) is 19.9 Å². The molecule has 1 aliphatic carbocycles. The number of hydrogen-bond donors (Lipinski definition) is 0. The molecule has 0 bridgehead atoms. The Kier molecular flexibility index (Phi) is 4.07. The molecule has 0 unspecified atom stereocenters. The summed E-state index contributed by atoms with van der Waals surface area (Å²) < 4.78 is 0. The second-order valence-corrected chi connectivity index (χ2v) is 6.86. The number of benzene rings is 2. The van der Waals surface area contributed by atoms with Gasteiger partial charge in [-0.15, -0.1) is 0 Å². The van der Waals surface area contributed by atoms with Crippen LogP contribution in [-0.2, 0) is 5.41 Å². The molecule has 0 saturated carbocycles. The van der Waals surface area contributed by atoms with Gasteiger partial charge in [0.2, 0.25) is 0 Å². The summed E-state index contributed by atoms with van der Waals surface area (Å²) >= 11 is 0. The average Bonchev–Trinajstić information content (AvgIpc) is 2.59. The SMILES string of the molecule is CC(C)(CCCC#N)c1ccc2c(c1)C(=O)c1ccccc1C2=O. The Morgan fingerprint density at radius 2 is 1.50 bits per heavy atom. The van der Waals surface area contributed by atoms with Gasteiger partial charge >= 0.3 is 0 Å². The summed E-state index contributed by atoms with van der Waals surface area (Å²) in [7, 11) is 0. The smallest absolute Gasteiger partial charge is 0.194 e. The van der Waals surface area contributed by atoms with Crippen LogP contribution in [0.5, 0.6) is 0 Å². The molecular formula is C21H19NO2. The normalized spacial score (nSPS) is 13.2. The Labute approximate surface area is 141 Å². The highest BCUT2D eigenvalue weighted by molar-refractivity contribution is 6.28. The molecule has 0 amide bonds. The predicted molar refractivity (Wildman–Crippen MR) is 92.2 cm³/mol. The van der Waals surface area contributed by atoms with Crippen LogP contribution in [0.3, 0.4) is 0 Å². The largest absolute Gasteiger partial charge is 0.289 e. The first-order valence-corrected chi connectivity index (χ1v) is 8.15. The third-order valence-corrected chi connectivity index (χ3v) is 4.80. The minimum atomic E-state index is -0.147. The van der Waals surface area contributed by atoms with E-state index >= 15 is 0 Å². The van der Waals surface area contributed by atoms with E-state index in [1.54, 1.807) is 30.3 Å². The second-order valence-electron chi connectivity index (χ2n) is 6.86. The molecule has 0 saturated heterocycles. The minimum Gasteiger partial charge on any atom is -0.289 e. The summed E-state index contributed by atoms with van der Waals surface area (Å²) in [6.45, 7) is 4.21. The molecule has 3 nitrogen and oxygen atoms in total. The minimum absolute atomic E-state index is 0.0881. The van der Waals surface area contributed by atoms with Gasteiger partial charge in [0.25, 0.3) is 0 Å². The molecule has 0 N–H and O–H groups in total. The van der Waals surface area contributed by atoms with Gasteiger partial charge in [-0.05, 0) is 36.0 Å². The first-order valence-electron chi connectivity index (χ1n) is 8.15. The van der Waals surface area contributed by atoms with Crippen molar-refractivity contribution >= 4 is 11.6 Å². The van der Waals surface area contributed by atoms with Gasteiger partial charge in [0.1, 0.15) is 0 Å². The molecule has 0 radical (unpaired) electrons. The highest BCUT2D eigenvalue weighted by atomic mass is 16.1. The topological polar surface area (TPSA) is 57.9 Å². The third kappa shape index (κ3) is 2.65. The van der Waals surface area contributed by atoms with Crippen LogP contribution in [0, 0.1) is 11.3 Å². The van der Waals surface area contributed by atoms with Gasteiger partial charge in [0.15, 0.2) is 11.6 Å². The number of unbranched alkanes of at least 4 members (excludes halogenated alkanes) is 1. The fraction of sp³-hybridized carbons (Fsp3) is 0.286. The fourth-order valence-corrected chi connectivity index (χ4v) is 3.27. The van der Waals surface area contributed by atoms with E-state index in [-0.39, 0.29) is 17.0 Å². The van der Waals surface area contributed by atoms with Crippen molar-refractivity contribution in [3.63, 3.8) is 0 Å². The lowest BCUT2D eigenvalue weighted by Crippen LogP contribution is -2.23. The third-order valence-electron chi connectivity index (χ3n) is 4.80. The Morgan fingerprint density at radius 1 is 0.917 bits per heavy atom. The molecule has 1 aliphatic rings. The molecule has 3 rings (SSSR count). The van der Waals surface area contributed by atoms with Gasteiger partial charge in [-0.3, -0.25) is 9.59 Å². The second kappa shape index (κ2) is 6.05. The summed E-state index contributed by atoms with van der Waals surface area (Å²) in [6.07, 6.45) is 2.20. The molecule has 24 heavy (non-hydrogen) atoms. The van der Waals surface area contributed by atoms with E-state index in [4.69, 9.17) is 5.26 Å². The zero-order valence-electron chi connectivity index (χ0n) is 13.9. The maximum atomic E-state index is 12.8. The quantitative estimate of drug-likeness (QED) is 0.669. The van der Waals surface area contributed by atoms with E-state index in [1.807, 2.05) is 12.1 Å². The van der Waals surface area contributed by atoms with E-state index in [0.717, 1.165) is 18.4 Å². The van der Waals surface area contributed by atoms with Gasteiger partial charge in [0.05, 0.1) is 6.07 Å². The first kappa shape index (κ1) is 16.1. The standard InChI is InChI=1S/C21H19NO2/c1-21(2,11-5-6-12-22)14-9-10-17-18(13-14)20(24)16-8-4-3-7-15(16)19(17)23/h3-4,7-10,13H,5-6,11H2,1-2H3. The molecule has 0 heterocycles. The number of carbonyl (C=O) groups is 2. The van der Waals surface area contributed by atoms with Crippen LogP contribution >= 0.6 is 0 Å². The highest BCUT2D eigenvalue weighted by Crippen LogP contribution is 2.34. The van der Waals surface area contributed by atoms with Crippen LogP contribution in [0.4, 0.5) is 0 Å². The number of hydrogen-bond acceptors (Lipinski definition) is 3. The fourth-order valence-electron chi connectivity index (χ4n) is 3.27. The summed E-state index contributed by atoms with van der Waals surface area (Å²) in [5.41, 5.74) is 2.82. The average molecular weight is 317 g/mol. The van der Waals surface area contributed by atoms with Gasteiger partial charge < -0.3 is 0 Å². The number of fused-ring (bicyclic) bond motifs is 2.